The molecule has 104 valence electrons. The predicted molar refractivity (Wildman–Crippen MR) is 76.9 cm³/mol. The number of nitrogens with zero attached hydrogens (tertiary/aromatic N) is 1. The average molecular weight is 261 g/mol. The van der Waals surface area contributed by atoms with Crippen molar-refractivity contribution >= 4 is 6.03 Å². The Bertz CT molecular complexity index is 388. The molecule has 0 aromatic heterocycles. The molecular formula is C15H23N3O. The van der Waals surface area contributed by atoms with Gasteiger partial charge in [0, 0.05) is 26.2 Å². The standard InChI is InChI=1S/C15H23N3O/c1-18(12-14-9-5-6-10-16-14)15(19)17-11-13-7-3-2-4-8-13/h2-4,7-8,14,16H,5-6,9-12H2,1H3,(H,17,19). The molecule has 1 heterocycles. The zero-order valence-corrected chi connectivity index (χ0v) is 11.6. The second-order valence-electron chi connectivity index (χ2n) is 5.17. The van der Waals surface area contributed by atoms with Gasteiger partial charge in [-0.3, -0.25) is 0 Å². The van der Waals surface area contributed by atoms with Gasteiger partial charge < -0.3 is 15.5 Å². The van der Waals surface area contributed by atoms with Crippen molar-refractivity contribution in [3.8, 4) is 0 Å². The van der Waals surface area contributed by atoms with Gasteiger partial charge in [0.25, 0.3) is 0 Å². The minimum atomic E-state index is -0.00349. The molecule has 2 rings (SSSR count). The summed E-state index contributed by atoms with van der Waals surface area (Å²) in [4.78, 5) is 13.7. The number of likely N-dealkylation sites (N-methyl/N-ethyl adjacent to an activating group) is 1. The molecule has 1 fully saturated rings. The van der Waals surface area contributed by atoms with Crippen molar-refractivity contribution in [3.63, 3.8) is 0 Å². The van der Waals surface area contributed by atoms with Crippen molar-refractivity contribution in [3.05, 3.63) is 35.9 Å². The average Bonchev–Trinajstić information content (AvgIpc) is 2.47. The van der Waals surface area contributed by atoms with Crippen LogP contribution in [0.3, 0.4) is 0 Å². The second kappa shape index (κ2) is 7.14. The predicted octanol–water partition coefficient (Wildman–Crippen LogP) is 1.97. The summed E-state index contributed by atoms with van der Waals surface area (Å²) in [6.07, 6.45) is 3.67. The Hall–Kier alpha value is -1.55. The van der Waals surface area contributed by atoms with Crippen LogP contribution in [0.2, 0.25) is 0 Å². The molecule has 1 unspecified atom stereocenters. The van der Waals surface area contributed by atoms with Gasteiger partial charge in [-0.05, 0) is 24.9 Å². The molecule has 0 saturated carbocycles. The Balaban J connectivity index is 1.72. The molecule has 0 bridgehead atoms. The molecule has 1 aliphatic heterocycles. The lowest BCUT2D eigenvalue weighted by atomic mass is 10.0. The number of rotatable bonds is 4. The summed E-state index contributed by atoms with van der Waals surface area (Å²) in [5, 5.41) is 6.40. The molecule has 1 aliphatic rings. The van der Waals surface area contributed by atoms with Crippen molar-refractivity contribution in [1.82, 2.24) is 15.5 Å². The van der Waals surface area contributed by atoms with Gasteiger partial charge in [-0.25, -0.2) is 4.79 Å². The zero-order chi connectivity index (χ0) is 13.5. The fourth-order valence-corrected chi connectivity index (χ4v) is 2.40. The molecule has 19 heavy (non-hydrogen) atoms. The van der Waals surface area contributed by atoms with Gasteiger partial charge in [0.1, 0.15) is 0 Å². The number of hydrogen-bond acceptors (Lipinski definition) is 2. The molecule has 2 amide bonds. The lowest BCUT2D eigenvalue weighted by Crippen LogP contribution is -2.47. The van der Waals surface area contributed by atoms with Crippen LogP contribution in [-0.4, -0.2) is 37.1 Å². The van der Waals surface area contributed by atoms with E-state index >= 15 is 0 Å². The van der Waals surface area contributed by atoms with Crippen LogP contribution >= 0.6 is 0 Å². The molecule has 4 nitrogen and oxygen atoms in total. The third kappa shape index (κ3) is 4.56. The molecule has 4 heteroatoms. The first-order valence-electron chi connectivity index (χ1n) is 7.02. The zero-order valence-electron chi connectivity index (χ0n) is 11.6. The van der Waals surface area contributed by atoms with Crippen LogP contribution in [0.25, 0.3) is 0 Å². The van der Waals surface area contributed by atoms with E-state index in [-0.39, 0.29) is 6.03 Å². The third-order valence-corrected chi connectivity index (χ3v) is 3.54. The molecule has 1 aromatic carbocycles. The minimum absolute atomic E-state index is 0.00349. The minimum Gasteiger partial charge on any atom is -0.334 e. The van der Waals surface area contributed by atoms with Crippen molar-refractivity contribution in [2.24, 2.45) is 0 Å². The number of benzene rings is 1. The van der Waals surface area contributed by atoms with E-state index in [1.165, 1.54) is 12.8 Å². The smallest absolute Gasteiger partial charge is 0.317 e. The Kier molecular flexibility index (Phi) is 5.21. The van der Waals surface area contributed by atoms with Crippen LogP contribution < -0.4 is 10.6 Å². The van der Waals surface area contributed by atoms with Crippen molar-refractivity contribution < 1.29 is 4.79 Å². The number of amides is 2. The summed E-state index contributed by atoms with van der Waals surface area (Å²) < 4.78 is 0. The molecule has 0 radical (unpaired) electrons. The van der Waals surface area contributed by atoms with Gasteiger partial charge in [0.15, 0.2) is 0 Å². The Morgan fingerprint density at radius 1 is 1.37 bits per heavy atom. The quantitative estimate of drug-likeness (QED) is 0.870. The number of carbonyl (C=O) groups excluding carboxylic acids is 1. The molecule has 0 spiro atoms. The van der Waals surface area contributed by atoms with Crippen molar-refractivity contribution in [2.75, 3.05) is 20.1 Å². The van der Waals surface area contributed by atoms with E-state index in [0.29, 0.717) is 12.6 Å². The van der Waals surface area contributed by atoms with Gasteiger partial charge >= 0.3 is 6.03 Å². The molecule has 1 aromatic rings. The van der Waals surface area contributed by atoms with Gasteiger partial charge in [0.2, 0.25) is 0 Å². The highest BCUT2D eigenvalue weighted by molar-refractivity contribution is 5.73. The van der Waals surface area contributed by atoms with E-state index in [1.54, 1.807) is 4.90 Å². The highest BCUT2D eigenvalue weighted by Crippen LogP contribution is 2.08. The van der Waals surface area contributed by atoms with Crippen LogP contribution in [0.4, 0.5) is 4.79 Å². The summed E-state index contributed by atoms with van der Waals surface area (Å²) in [6, 6.07) is 10.4. The first-order valence-corrected chi connectivity index (χ1v) is 7.02. The fourth-order valence-electron chi connectivity index (χ4n) is 2.40. The highest BCUT2D eigenvalue weighted by atomic mass is 16.2. The number of hydrogen-bond donors (Lipinski definition) is 2. The number of piperidine rings is 1. The maximum absolute atomic E-state index is 12.0. The summed E-state index contributed by atoms with van der Waals surface area (Å²) >= 11 is 0. The number of carbonyl (C=O) groups is 1. The van der Waals surface area contributed by atoms with Crippen LogP contribution in [-0.2, 0) is 6.54 Å². The topological polar surface area (TPSA) is 44.4 Å². The SMILES string of the molecule is CN(CC1CCCCN1)C(=O)NCc1ccccc1. The van der Waals surface area contributed by atoms with E-state index in [0.717, 1.165) is 25.1 Å². The maximum Gasteiger partial charge on any atom is 0.317 e. The Morgan fingerprint density at radius 2 is 2.16 bits per heavy atom. The van der Waals surface area contributed by atoms with Gasteiger partial charge in [-0.1, -0.05) is 36.8 Å². The van der Waals surface area contributed by atoms with Crippen LogP contribution in [0.15, 0.2) is 30.3 Å². The number of nitrogens with one attached hydrogen (secondary N) is 2. The van der Waals surface area contributed by atoms with Crippen LogP contribution in [0.1, 0.15) is 24.8 Å². The fraction of sp³-hybridized carbons (Fsp3) is 0.533. The third-order valence-electron chi connectivity index (χ3n) is 3.54. The molecule has 2 N–H and O–H groups in total. The van der Waals surface area contributed by atoms with E-state index < -0.39 is 0 Å². The van der Waals surface area contributed by atoms with E-state index in [1.807, 2.05) is 37.4 Å². The van der Waals surface area contributed by atoms with Gasteiger partial charge in [-0.15, -0.1) is 0 Å². The summed E-state index contributed by atoms with van der Waals surface area (Å²) in [7, 11) is 1.86. The molecular weight excluding hydrogens is 238 g/mol. The Labute approximate surface area is 115 Å². The van der Waals surface area contributed by atoms with Gasteiger partial charge in [-0.2, -0.15) is 0 Å². The highest BCUT2D eigenvalue weighted by Gasteiger charge is 2.17. The second-order valence-corrected chi connectivity index (χ2v) is 5.17. The number of urea groups is 1. The van der Waals surface area contributed by atoms with Crippen LogP contribution in [0, 0.1) is 0 Å². The summed E-state index contributed by atoms with van der Waals surface area (Å²) in [6.45, 7) is 2.44. The first-order chi connectivity index (χ1) is 9.25. The lowest BCUT2D eigenvalue weighted by Gasteiger charge is -2.28. The monoisotopic (exact) mass is 261 g/mol. The van der Waals surface area contributed by atoms with Gasteiger partial charge in [0.05, 0.1) is 0 Å². The Morgan fingerprint density at radius 3 is 2.84 bits per heavy atom. The summed E-state index contributed by atoms with van der Waals surface area (Å²) in [5.74, 6) is 0. The van der Waals surface area contributed by atoms with E-state index in [9.17, 15) is 4.79 Å². The largest absolute Gasteiger partial charge is 0.334 e. The van der Waals surface area contributed by atoms with Crippen LogP contribution in [0.5, 0.6) is 0 Å². The van der Waals surface area contributed by atoms with E-state index in [4.69, 9.17) is 0 Å². The van der Waals surface area contributed by atoms with Crippen molar-refractivity contribution in [2.45, 2.75) is 31.8 Å². The lowest BCUT2D eigenvalue weighted by molar-refractivity contribution is 0.199. The normalized spacial score (nSPS) is 18.9. The first kappa shape index (κ1) is 13.9. The molecule has 0 aliphatic carbocycles. The van der Waals surface area contributed by atoms with E-state index in [2.05, 4.69) is 10.6 Å². The molecule has 1 atom stereocenters. The molecule has 1 saturated heterocycles. The maximum atomic E-state index is 12.0. The van der Waals surface area contributed by atoms with Crippen molar-refractivity contribution in [1.29, 1.82) is 0 Å². The summed E-state index contributed by atoms with van der Waals surface area (Å²) in [5.41, 5.74) is 1.13.